The van der Waals surface area contributed by atoms with E-state index in [1.54, 1.807) is 6.20 Å². The number of fused-ring (bicyclic) bond motifs is 1. The first-order valence-corrected chi connectivity index (χ1v) is 7.04. The molecule has 0 aliphatic carbocycles. The SMILES string of the molecule is CCC(C)NC(CN)c1ccc(Cl)c2cccnc12. The summed E-state index contributed by atoms with van der Waals surface area (Å²) >= 11 is 6.22. The predicted molar refractivity (Wildman–Crippen MR) is 81.4 cm³/mol. The molecule has 19 heavy (non-hydrogen) atoms. The van der Waals surface area contributed by atoms with Gasteiger partial charge in [-0.15, -0.1) is 0 Å². The fraction of sp³-hybridized carbons (Fsp3) is 0.400. The Morgan fingerprint density at radius 1 is 1.37 bits per heavy atom. The first-order valence-electron chi connectivity index (χ1n) is 6.66. The van der Waals surface area contributed by atoms with Crippen LogP contribution in [0.4, 0.5) is 0 Å². The summed E-state index contributed by atoms with van der Waals surface area (Å²) in [7, 11) is 0. The van der Waals surface area contributed by atoms with E-state index in [9.17, 15) is 0 Å². The van der Waals surface area contributed by atoms with Crippen molar-refractivity contribution in [1.82, 2.24) is 10.3 Å². The first kappa shape index (κ1) is 14.3. The zero-order valence-corrected chi connectivity index (χ0v) is 12.1. The van der Waals surface area contributed by atoms with Crippen molar-refractivity contribution in [2.45, 2.75) is 32.4 Å². The van der Waals surface area contributed by atoms with E-state index >= 15 is 0 Å². The van der Waals surface area contributed by atoms with Gasteiger partial charge in [0.05, 0.1) is 5.52 Å². The van der Waals surface area contributed by atoms with Gasteiger partial charge in [0.2, 0.25) is 0 Å². The van der Waals surface area contributed by atoms with Crippen LogP contribution in [0.1, 0.15) is 31.9 Å². The number of hydrogen-bond acceptors (Lipinski definition) is 3. The number of halogens is 1. The summed E-state index contributed by atoms with van der Waals surface area (Å²) in [6, 6.07) is 8.35. The van der Waals surface area contributed by atoms with Gasteiger partial charge in [-0.05, 0) is 37.1 Å². The Balaban J connectivity index is 2.46. The second-order valence-corrected chi connectivity index (χ2v) is 5.21. The lowest BCUT2D eigenvalue weighted by Gasteiger charge is -2.22. The summed E-state index contributed by atoms with van der Waals surface area (Å²) in [6.45, 7) is 4.86. The van der Waals surface area contributed by atoms with Crippen LogP contribution in [0, 0.1) is 0 Å². The van der Waals surface area contributed by atoms with E-state index in [0.717, 1.165) is 27.9 Å². The summed E-state index contributed by atoms with van der Waals surface area (Å²) in [5, 5.41) is 5.24. The molecule has 4 heteroatoms. The van der Waals surface area contributed by atoms with Crippen LogP contribution in [0.2, 0.25) is 5.02 Å². The summed E-state index contributed by atoms with van der Waals surface area (Å²) in [6.07, 6.45) is 2.86. The van der Waals surface area contributed by atoms with Gasteiger partial charge in [0, 0.05) is 35.2 Å². The van der Waals surface area contributed by atoms with E-state index in [1.165, 1.54) is 0 Å². The lowest BCUT2D eigenvalue weighted by atomic mass is 10.0. The number of benzene rings is 1. The van der Waals surface area contributed by atoms with Crippen molar-refractivity contribution in [3.63, 3.8) is 0 Å². The average molecular weight is 278 g/mol. The van der Waals surface area contributed by atoms with E-state index in [-0.39, 0.29) is 6.04 Å². The van der Waals surface area contributed by atoms with E-state index in [1.807, 2.05) is 24.3 Å². The van der Waals surface area contributed by atoms with Gasteiger partial charge in [0.25, 0.3) is 0 Å². The van der Waals surface area contributed by atoms with Crippen LogP contribution in [0.15, 0.2) is 30.5 Å². The Labute approximate surface area is 119 Å². The van der Waals surface area contributed by atoms with Crippen molar-refractivity contribution in [1.29, 1.82) is 0 Å². The zero-order valence-electron chi connectivity index (χ0n) is 11.4. The molecule has 2 rings (SSSR count). The topological polar surface area (TPSA) is 50.9 Å². The minimum absolute atomic E-state index is 0.101. The molecule has 1 heterocycles. The van der Waals surface area contributed by atoms with E-state index in [4.69, 9.17) is 17.3 Å². The van der Waals surface area contributed by atoms with Crippen molar-refractivity contribution in [2.75, 3.05) is 6.54 Å². The second kappa shape index (κ2) is 6.33. The molecule has 0 fully saturated rings. The maximum atomic E-state index is 6.22. The first-order chi connectivity index (χ1) is 9.17. The number of rotatable bonds is 5. The number of nitrogens with zero attached hydrogens (tertiary/aromatic N) is 1. The molecular formula is C15H20ClN3. The molecule has 2 aromatic rings. The molecule has 2 unspecified atom stereocenters. The molecule has 1 aromatic carbocycles. The second-order valence-electron chi connectivity index (χ2n) is 4.80. The summed E-state index contributed by atoms with van der Waals surface area (Å²) in [5.41, 5.74) is 7.96. The molecule has 2 atom stereocenters. The third-order valence-electron chi connectivity index (χ3n) is 3.46. The molecule has 0 aliphatic rings. The largest absolute Gasteiger partial charge is 0.329 e. The highest BCUT2D eigenvalue weighted by atomic mass is 35.5. The van der Waals surface area contributed by atoms with Gasteiger partial charge >= 0.3 is 0 Å². The lowest BCUT2D eigenvalue weighted by molar-refractivity contribution is 0.453. The fourth-order valence-electron chi connectivity index (χ4n) is 2.19. The van der Waals surface area contributed by atoms with Crippen LogP contribution < -0.4 is 11.1 Å². The minimum Gasteiger partial charge on any atom is -0.329 e. The maximum absolute atomic E-state index is 6.22. The number of pyridine rings is 1. The molecule has 102 valence electrons. The third-order valence-corrected chi connectivity index (χ3v) is 3.79. The van der Waals surface area contributed by atoms with E-state index in [0.29, 0.717) is 12.6 Å². The third kappa shape index (κ3) is 3.06. The number of nitrogens with one attached hydrogen (secondary N) is 1. The minimum atomic E-state index is 0.101. The van der Waals surface area contributed by atoms with E-state index in [2.05, 4.69) is 24.1 Å². The predicted octanol–water partition coefficient (Wildman–Crippen LogP) is 3.28. The summed E-state index contributed by atoms with van der Waals surface area (Å²) in [4.78, 5) is 4.46. The smallest absolute Gasteiger partial charge is 0.0765 e. The van der Waals surface area contributed by atoms with Crippen molar-refractivity contribution in [2.24, 2.45) is 5.73 Å². The zero-order chi connectivity index (χ0) is 13.8. The molecule has 0 amide bonds. The van der Waals surface area contributed by atoms with E-state index < -0.39 is 0 Å². The van der Waals surface area contributed by atoms with Crippen LogP contribution in [0.3, 0.4) is 0 Å². The number of nitrogens with two attached hydrogens (primary N) is 1. The van der Waals surface area contributed by atoms with Gasteiger partial charge < -0.3 is 11.1 Å². The highest BCUT2D eigenvalue weighted by molar-refractivity contribution is 6.35. The molecular weight excluding hydrogens is 258 g/mol. The van der Waals surface area contributed by atoms with Crippen LogP contribution in [0.5, 0.6) is 0 Å². The van der Waals surface area contributed by atoms with Crippen LogP contribution >= 0.6 is 11.6 Å². The Bertz CT molecular complexity index is 556. The quantitative estimate of drug-likeness (QED) is 0.882. The summed E-state index contributed by atoms with van der Waals surface area (Å²) in [5.74, 6) is 0. The van der Waals surface area contributed by atoms with Gasteiger partial charge in [-0.3, -0.25) is 4.98 Å². The highest BCUT2D eigenvalue weighted by Crippen LogP contribution is 2.28. The van der Waals surface area contributed by atoms with Crippen LogP contribution in [-0.2, 0) is 0 Å². The Kier molecular flexibility index (Phi) is 4.75. The molecule has 0 aliphatic heterocycles. The number of hydrogen-bond donors (Lipinski definition) is 2. The monoisotopic (exact) mass is 277 g/mol. The molecule has 0 bridgehead atoms. The van der Waals surface area contributed by atoms with Crippen LogP contribution in [0.25, 0.3) is 10.9 Å². The molecule has 0 saturated heterocycles. The van der Waals surface area contributed by atoms with Crippen LogP contribution in [-0.4, -0.2) is 17.6 Å². The van der Waals surface area contributed by atoms with Gasteiger partial charge in [-0.25, -0.2) is 0 Å². The van der Waals surface area contributed by atoms with Crippen molar-refractivity contribution in [3.05, 3.63) is 41.0 Å². The van der Waals surface area contributed by atoms with Gasteiger partial charge in [-0.1, -0.05) is 24.6 Å². The van der Waals surface area contributed by atoms with Gasteiger partial charge in [0.15, 0.2) is 0 Å². The molecule has 3 nitrogen and oxygen atoms in total. The Morgan fingerprint density at radius 3 is 2.84 bits per heavy atom. The summed E-state index contributed by atoms with van der Waals surface area (Å²) < 4.78 is 0. The molecule has 0 spiro atoms. The van der Waals surface area contributed by atoms with Crippen molar-refractivity contribution < 1.29 is 0 Å². The maximum Gasteiger partial charge on any atom is 0.0765 e. The Hall–Kier alpha value is -1.16. The number of aromatic nitrogens is 1. The highest BCUT2D eigenvalue weighted by Gasteiger charge is 2.16. The Morgan fingerprint density at radius 2 is 2.16 bits per heavy atom. The molecule has 0 saturated carbocycles. The fourth-order valence-corrected chi connectivity index (χ4v) is 2.40. The normalized spacial score (nSPS) is 14.5. The molecule has 1 aromatic heterocycles. The molecule has 3 N–H and O–H groups in total. The molecule has 0 radical (unpaired) electrons. The lowest BCUT2D eigenvalue weighted by Crippen LogP contribution is -2.34. The van der Waals surface area contributed by atoms with Gasteiger partial charge in [0.1, 0.15) is 0 Å². The van der Waals surface area contributed by atoms with Crippen molar-refractivity contribution in [3.8, 4) is 0 Å². The van der Waals surface area contributed by atoms with Gasteiger partial charge in [-0.2, -0.15) is 0 Å². The average Bonchev–Trinajstić information content (AvgIpc) is 2.45. The standard InChI is InChI=1S/C15H20ClN3/c1-3-10(2)19-14(9-17)12-6-7-13(16)11-5-4-8-18-15(11)12/h4-8,10,14,19H,3,9,17H2,1-2H3. The van der Waals surface area contributed by atoms with Crippen molar-refractivity contribution >= 4 is 22.5 Å².